The maximum absolute atomic E-state index is 13.4. The Morgan fingerprint density at radius 1 is 0.914 bits per heavy atom. The standard InChI is InChI=1S/C27H36Cl2N2O4/c1-6-34-24-12-9-20(15-25(24)35-7-2)10-13-26(32)31(19(5)27(33)30-16-18(3)4)17-21-8-11-22(28)23(29)14-21/h8-9,11-12,14-15,18-19H,6-7,10,13,16-17H2,1-5H3,(H,30,33)/t19-/m1/s1. The predicted octanol–water partition coefficient (Wildman–Crippen LogP) is 5.91. The summed E-state index contributed by atoms with van der Waals surface area (Å²) in [6, 6.07) is 10.3. The third-order valence-corrected chi connectivity index (χ3v) is 6.16. The number of ether oxygens (including phenoxy) is 2. The SMILES string of the molecule is CCOc1ccc(CCC(=O)N(Cc2ccc(Cl)c(Cl)c2)[C@H](C)C(=O)NCC(C)C)cc1OCC. The van der Waals surface area contributed by atoms with E-state index in [4.69, 9.17) is 32.7 Å². The van der Waals surface area contributed by atoms with Crippen LogP contribution in [0.15, 0.2) is 36.4 Å². The molecule has 0 fully saturated rings. The highest BCUT2D eigenvalue weighted by atomic mass is 35.5. The fourth-order valence-corrected chi connectivity index (χ4v) is 3.84. The van der Waals surface area contributed by atoms with Crippen LogP contribution in [-0.4, -0.2) is 42.5 Å². The summed E-state index contributed by atoms with van der Waals surface area (Å²) in [5.41, 5.74) is 1.76. The molecule has 0 aliphatic heterocycles. The van der Waals surface area contributed by atoms with Gasteiger partial charge in [0.25, 0.3) is 0 Å². The Kier molecular flexibility index (Phi) is 11.7. The van der Waals surface area contributed by atoms with Crippen molar-refractivity contribution in [2.24, 2.45) is 5.92 Å². The fraction of sp³-hybridized carbons (Fsp3) is 0.481. The second kappa shape index (κ2) is 14.2. The summed E-state index contributed by atoms with van der Waals surface area (Å²) in [4.78, 5) is 27.8. The number of rotatable bonds is 13. The van der Waals surface area contributed by atoms with Crippen molar-refractivity contribution in [3.05, 3.63) is 57.6 Å². The highest BCUT2D eigenvalue weighted by Gasteiger charge is 2.26. The lowest BCUT2D eigenvalue weighted by Gasteiger charge is -2.29. The van der Waals surface area contributed by atoms with Crippen LogP contribution in [-0.2, 0) is 22.6 Å². The van der Waals surface area contributed by atoms with E-state index < -0.39 is 6.04 Å². The van der Waals surface area contributed by atoms with Crippen LogP contribution in [0.3, 0.4) is 0 Å². The third kappa shape index (κ3) is 8.93. The van der Waals surface area contributed by atoms with Crippen LogP contribution >= 0.6 is 23.2 Å². The molecular weight excluding hydrogens is 487 g/mol. The molecule has 0 unspecified atom stereocenters. The minimum Gasteiger partial charge on any atom is -0.490 e. The van der Waals surface area contributed by atoms with Crippen molar-refractivity contribution in [3.63, 3.8) is 0 Å². The van der Waals surface area contributed by atoms with Gasteiger partial charge in [0.1, 0.15) is 6.04 Å². The maximum atomic E-state index is 13.4. The number of amides is 2. The van der Waals surface area contributed by atoms with E-state index in [0.717, 1.165) is 11.1 Å². The van der Waals surface area contributed by atoms with Crippen LogP contribution in [0.25, 0.3) is 0 Å². The summed E-state index contributed by atoms with van der Waals surface area (Å²) in [6.07, 6.45) is 0.742. The van der Waals surface area contributed by atoms with E-state index in [1.807, 2.05) is 52.0 Å². The zero-order valence-electron chi connectivity index (χ0n) is 21.2. The monoisotopic (exact) mass is 522 g/mol. The van der Waals surface area contributed by atoms with Gasteiger partial charge in [0.15, 0.2) is 11.5 Å². The molecule has 1 atom stereocenters. The van der Waals surface area contributed by atoms with Gasteiger partial charge in [-0.2, -0.15) is 0 Å². The first-order valence-corrected chi connectivity index (χ1v) is 12.8. The molecule has 0 aliphatic rings. The number of aryl methyl sites for hydroxylation is 1. The molecule has 0 aliphatic carbocycles. The molecule has 0 spiro atoms. The number of carbonyl (C=O) groups excluding carboxylic acids is 2. The number of hydrogen-bond acceptors (Lipinski definition) is 4. The second-order valence-corrected chi connectivity index (χ2v) is 9.55. The summed E-state index contributed by atoms with van der Waals surface area (Å²) in [7, 11) is 0. The van der Waals surface area contributed by atoms with E-state index >= 15 is 0 Å². The first-order chi connectivity index (χ1) is 16.7. The lowest BCUT2D eigenvalue weighted by Crippen LogP contribution is -2.48. The Balaban J connectivity index is 2.19. The Morgan fingerprint density at radius 2 is 1.57 bits per heavy atom. The van der Waals surface area contributed by atoms with Gasteiger partial charge in [-0.05, 0) is 68.5 Å². The van der Waals surface area contributed by atoms with Crippen LogP contribution in [0.5, 0.6) is 11.5 Å². The van der Waals surface area contributed by atoms with Crippen LogP contribution in [0, 0.1) is 5.92 Å². The molecule has 35 heavy (non-hydrogen) atoms. The lowest BCUT2D eigenvalue weighted by molar-refractivity contribution is -0.140. The Labute approximate surface area is 218 Å². The van der Waals surface area contributed by atoms with Gasteiger partial charge in [-0.1, -0.05) is 49.2 Å². The molecule has 192 valence electrons. The fourth-order valence-electron chi connectivity index (χ4n) is 3.52. The first-order valence-electron chi connectivity index (χ1n) is 12.1. The van der Waals surface area contributed by atoms with Crippen molar-refractivity contribution in [2.75, 3.05) is 19.8 Å². The summed E-state index contributed by atoms with van der Waals surface area (Å²) >= 11 is 12.2. The molecule has 8 heteroatoms. The number of nitrogens with one attached hydrogen (secondary N) is 1. The maximum Gasteiger partial charge on any atom is 0.242 e. The highest BCUT2D eigenvalue weighted by molar-refractivity contribution is 6.42. The number of carbonyl (C=O) groups is 2. The summed E-state index contributed by atoms with van der Waals surface area (Å²) in [5, 5.41) is 3.78. The van der Waals surface area contributed by atoms with E-state index in [-0.39, 0.29) is 24.8 Å². The van der Waals surface area contributed by atoms with Crippen LogP contribution < -0.4 is 14.8 Å². The molecule has 0 bridgehead atoms. The van der Waals surface area contributed by atoms with E-state index in [1.165, 1.54) is 0 Å². The third-order valence-electron chi connectivity index (χ3n) is 5.42. The van der Waals surface area contributed by atoms with E-state index in [1.54, 1.807) is 24.0 Å². The van der Waals surface area contributed by atoms with Crippen LogP contribution in [0.1, 0.15) is 52.2 Å². The number of halogens is 2. The molecule has 2 amide bonds. The van der Waals surface area contributed by atoms with Gasteiger partial charge in [-0.25, -0.2) is 0 Å². The minimum absolute atomic E-state index is 0.130. The van der Waals surface area contributed by atoms with Crippen molar-refractivity contribution in [2.45, 2.75) is 60.0 Å². The smallest absolute Gasteiger partial charge is 0.242 e. The topological polar surface area (TPSA) is 67.9 Å². The Bertz CT molecular complexity index is 997. The van der Waals surface area contributed by atoms with Gasteiger partial charge in [-0.3, -0.25) is 9.59 Å². The molecule has 0 saturated heterocycles. The lowest BCUT2D eigenvalue weighted by atomic mass is 10.1. The van der Waals surface area contributed by atoms with Gasteiger partial charge >= 0.3 is 0 Å². The van der Waals surface area contributed by atoms with Crippen molar-refractivity contribution >= 4 is 35.0 Å². The molecule has 0 radical (unpaired) electrons. The van der Waals surface area contributed by atoms with Crippen molar-refractivity contribution in [1.82, 2.24) is 10.2 Å². The van der Waals surface area contributed by atoms with Crippen molar-refractivity contribution in [1.29, 1.82) is 0 Å². The van der Waals surface area contributed by atoms with E-state index in [2.05, 4.69) is 5.32 Å². The average Bonchev–Trinajstić information content (AvgIpc) is 2.82. The normalized spacial score (nSPS) is 11.8. The zero-order valence-corrected chi connectivity index (χ0v) is 22.7. The molecule has 2 aromatic rings. The second-order valence-electron chi connectivity index (χ2n) is 8.73. The molecule has 2 rings (SSSR count). The van der Waals surface area contributed by atoms with Gasteiger partial charge in [0.05, 0.1) is 23.3 Å². The number of benzene rings is 2. The number of nitrogens with zero attached hydrogens (tertiary/aromatic N) is 1. The predicted molar refractivity (Wildman–Crippen MR) is 141 cm³/mol. The minimum atomic E-state index is -0.644. The Hall–Kier alpha value is -2.44. The Morgan fingerprint density at radius 3 is 2.20 bits per heavy atom. The van der Waals surface area contributed by atoms with Crippen LogP contribution in [0.2, 0.25) is 10.0 Å². The molecule has 2 aromatic carbocycles. The van der Waals surface area contributed by atoms with Gasteiger partial charge < -0.3 is 19.7 Å². The quantitative estimate of drug-likeness (QED) is 0.354. The van der Waals surface area contributed by atoms with Gasteiger partial charge in [0.2, 0.25) is 11.8 Å². The molecule has 6 nitrogen and oxygen atoms in total. The molecule has 0 aromatic heterocycles. The summed E-state index contributed by atoms with van der Waals surface area (Å²) in [6.45, 7) is 11.5. The largest absolute Gasteiger partial charge is 0.490 e. The first kappa shape index (κ1) is 28.8. The van der Waals surface area contributed by atoms with Crippen LogP contribution in [0.4, 0.5) is 0 Å². The van der Waals surface area contributed by atoms with Gasteiger partial charge in [-0.15, -0.1) is 0 Å². The number of hydrogen-bond donors (Lipinski definition) is 1. The molecular formula is C27H36Cl2N2O4. The summed E-state index contributed by atoms with van der Waals surface area (Å²) in [5.74, 6) is 1.33. The molecule has 0 heterocycles. The van der Waals surface area contributed by atoms with Crippen molar-refractivity contribution in [3.8, 4) is 11.5 Å². The van der Waals surface area contributed by atoms with E-state index in [0.29, 0.717) is 53.6 Å². The van der Waals surface area contributed by atoms with Crippen molar-refractivity contribution < 1.29 is 19.1 Å². The van der Waals surface area contributed by atoms with E-state index in [9.17, 15) is 9.59 Å². The van der Waals surface area contributed by atoms with Gasteiger partial charge in [0, 0.05) is 19.5 Å². The average molecular weight is 524 g/mol. The molecule has 0 saturated carbocycles. The summed E-state index contributed by atoms with van der Waals surface area (Å²) < 4.78 is 11.3. The zero-order chi connectivity index (χ0) is 26.0. The highest BCUT2D eigenvalue weighted by Crippen LogP contribution is 2.29. The molecule has 1 N–H and O–H groups in total.